The first-order chi connectivity index (χ1) is 9.74. The molecule has 1 aromatic carbocycles. The van der Waals surface area contributed by atoms with Gasteiger partial charge in [-0.05, 0) is 49.7 Å². The van der Waals surface area contributed by atoms with Gasteiger partial charge in [0.15, 0.2) is 5.78 Å². The van der Waals surface area contributed by atoms with Crippen LogP contribution in [0.5, 0.6) is 0 Å². The third-order valence-electron chi connectivity index (χ3n) is 4.83. The van der Waals surface area contributed by atoms with Crippen molar-refractivity contribution >= 4 is 5.78 Å². The minimum Gasteiger partial charge on any atom is -0.311 e. The molecule has 2 heterocycles. The van der Waals surface area contributed by atoms with Crippen LogP contribution in [0.3, 0.4) is 0 Å². The van der Waals surface area contributed by atoms with Crippen molar-refractivity contribution in [3.8, 4) is 0 Å². The van der Waals surface area contributed by atoms with Crippen LogP contribution in [0.25, 0.3) is 0 Å². The van der Waals surface area contributed by atoms with Crippen LogP contribution >= 0.6 is 0 Å². The van der Waals surface area contributed by atoms with Crippen molar-refractivity contribution < 1.29 is 4.79 Å². The van der Waals surface area contributed by atoms with Gasteiger partial charge >= 0.3 is 0 Å². The van der Waals surface area contributed by atoms with Gasteiger partial charge in [-0.15, -0.1) is 0 Å². The summed E-state index contributed by atoms with van der Waals surface area (Å²) in [5, 5.41) is 3.65. The van der Waals surface area contributed by atoms with E-state index >= 15 is 0 Å². The van der Waals surface area contributed by atoms with Crippen molar-refractivity contribution in [1.82, 2.24) is 5.32 Å². The predicted molar refractivity (Wildman–Crippen MR) is 82.1 cm³/mol. The zero-order chi connectivity index (χ0) is 13.9. The van der Waals surface area contributed by atoms with Crippen molar-refractivity contribution in [3.05, 3.63) is 35.4 Å². The summed E-state index contributed by atoms with van der Waals surface area (Å²) >= 11 is 0. The second kappa shape index (κ2) is 6.09. The van der Waals surface area contributed by atoms with Gasteiger partial charge in [-0.3, -0.25) is 4.79 Å². The Morgan fingerprint density at radius 2 is 2.00 bits per heavy atom. The molecule has 2 aliphatic rings. The molecular formula is C18H25NO. The molecule has 2 saturated heterocycles. The highest BCUT2D eigenvalue weighted by molar-refractivity contribution is 5.96. The molecule has 1 N–H and O–H groups in total. The highest BCUT2D eigenvalue weighted by Crippen LogP contribution is 2.33. The SMILES string of the molecule is CCCc1cccc(C(=O)CC2CC3CCC(C2)N3)c1. The fourth-order valence-corrected chi connectivity index (χ4v) is 3.91. The fourth-order valence-electron chi connectivity index (χ4n) is 3.91. The van der Waals surface area contributed by atoms with E-state index in [-0.39, 0.29) is 0 Å². The predicted octanol–water partition coefficient (Wildman–Crippen LogP) is 3.74. The van der Waals surface area contributed by atoms with E-state index in [9.17, 15) is 4.79 Å². The van der Waals surface area contributed by atoms with Gasteiger partial charge in [0.2, 0.25) is 0 Å². The minimum absolute atomic E-state index is 0.342. The molecule has 20 heavy (non-hydrogen) atoms. The Kier molecular flexibility index (Phi) is 4.21. The number of hydrogen-bond acceptors (Lipinski definition) is 2. The van der Waals surface area contributed by atoms with E-state index in [1.54, 1.807) is 0 Å². The number of rotatable bonds is 5. The third-order valence-corrected chi connectivity index (χ3v) is 4.83. The van der Waals surface area contributed by atoms with Gasteiger partial charge in [0.05, 0.1) is 0 Å². The zero-order valence-electron chi connectivity index (χ0n) is 12.4. The van der Waals surface area contributed by atoms with Crippen molar-refractivity contribution in [2.75, 3.05) is 0 Å². The molecule has 2 atom stereocenters. The van der Waals surface area contributed by atoms with Gasteiger partial charge in [0.25, 0.3) is 0 Å². The maximum atomic E-state index is 12.5. The average molecular weight is 271 g/mol. The molecule has 1 aromatic rings. The zero-order valence-corrected chi connectivity index (χ0v) is 12.4. The smallest absolute Gasteiger partial charge is 0.163 e. The fraction of sp³-hybridized carbons (Fsp3) is 0.611. The molecule has 2 unspecified atom stereocenters. The maximum Gasteiger partial charge on any atom is 0.163 e. The van der Waals surface area contributed by atoms with E-state index in [0.717, 1.165) is 24.8 Å². The number of benzene rings is 1. The summed E-state index contributed by atoms with van der Waals surface area (Å²) < 4.78 is 0. The molecule has 2 heteroatoms. The van der Waals surface area contributed by atoms with Crippen LogP contribution in [0.4, 0.5) is 0 Å². The molecule has 0 saturated carbocycles. The number of Topliss-reactive ketones (excluding diaryl/α,β-unsaturated/α-hetero) is 1. The van der Waals surface area contributed by atoms with Crippen LogP contribution in [0.1, 0.15) is 61.4 Å². The van der Waals surface area contributed by atoms with Crippen molar-refractivity contribution in [2.24, 2.45) is 5.92 Å². The Labute approximate surface area is 122 Å². The highest BCUT2D eigenvalue weighted by Gasteiger charge is 2.34. The summed E-state index contributed by atoms with van der Waals surface area (Å²) in [5.41, 5.74) is 2.21. The van der Waals surface area contributed by atoms with Crippen LogP contribution in [0, 0.1) is 5.92 Å². The molecule has 2 nitrogen and oxygen atoms in total. The normalized spacial score (nSPS) is 28.6. The second-order valence-corrected chi connectivity index (χ2v) is 6.55. The molecule has 2 fully saturated rings. The van der Waals surface area contributed by atoms with Gasteiger partial charge in [-0.2, -0.15) is 0 Å². The summed E-state index contributed by atoms with van der Waals surface area (Å²) in [7, 11) is 0. The number of fused-ring (bicyclic) bond motifs is 2. The van der Waals surface area contributed by atoms with E-state index in [4.69, 9.17) is 0 Å². The summed E-state index contributed by atoms with van der Waals surface area (Å²) in [4.78, 5) is 12.5. The van der Waals surface area contributed by atoms with E-state index in [2.05, 4.69) is 24.4 Å². The largest absolute Gasteiger partial charge is 0.311 e. The highest BCUT2D eigenvalue weighted by atomic mass is 16.1. The average Bonchev–Trinajstić information content (AvgIpc) is 2.79. The van der Waals surface area contributed by atoms with Gasteiger partial charge in [0.1, 0.15) is 0 Å². The summed E-state index contributed by atoms with van der Waals surface area (Å²) in [6.07, 6.45) is 7.94. The van der Waals surface area contributed by atoms with Crippen molar-refractivity contribution in [3.63, 3.8) is 0 Å². The number of carbonyl (C=O) groups excluding carboxylic acids is 1. The second-order valence-electron chi connectivity index (χ2n) is 6.55. The lowest BCUT2D eigenvalue weighted by Gasteiger charge is -2.28. The first kappa shape index (κ1) is 13.8. The molecular weight excluding hydrogens is 246 g/mol. The molecule has 0 amide bonds. The number of piperidine rings is 1. The molecule has 0 aliphatic carbocycles. The minimum atomic E-state index is 0.342. The molecule has 108 valence electrons. The van der Waals surface area contributed by atoms with Crippen LogP contribution in [0.15, 0.2) is 24.3 Å². The van der Waals surface area contributed by atoms with E-state index in [0.29, 0.717) is 23.8 Å². The summed E-state index contributed by atoms with van der Waals surface area (Å²) in [6.45, 7) is 2.18. The number of carbonyl (C=O) groups is 1. The van der Waals surface area contributed by atoms with Crippen LogP contribution in [-0.2, 0) is 6.42 Å². The quantitative estimate of drug-likeness (QED) is 0.827. The Hall–Kier alpha value is -1.15. The lowest BCUT2D eigenvalue weighted by atomic mass is 9.86. The molecule has 0 radical (unpaired) electrons. The summed E-state index contributed by atoms with van der Waals surface area (Å²) in [6, 6.07) is 9.60. The number of nitrogens with one attached hydrogen (secondary N) is 1. The van der Waals surface area contributed by atoms with E-state index in [1.165, 1.54) is 31.2 Å². The van der Waals surface area contributed by atoms with E-state index < -0.39 is 0 Å². The first-order valence-electron chi connectivity index (χ1n) is 8.12. The number of ketones is 1. The molecule has 2 bridgehead atoms. The van der Waals surface area contributed by atoms with Gasteiger partial charge < -0.3 is 5.32 Å². The standard InChI is InChI=1S/C18H25NO/c1-2-4-13-5-3-6-15(9-13)18(20)12-14-10-16-7-8-17(11-14)19-16/h3,5-6,9,14,16-17,19H,2,4,7-8,10-12H2,1H3. The van der Waals surface area contributed by atoms with Crippen LogP contribution in [0.2, 0.25) is 0 Å². The van der Waals surface area contributed by atoms with E-state index in [1.807, 2.05) is 12.1 Å². The molecule has 3 rings (SSSR count). The summed E-state index contributed by atoms with van der Waals surface area (Å²) in [5.74, 6) is 0.935. The lowest BCUT2D eigenvalue weighted by molar-refractivity contribution is 0.0945. The Balaban J connectivity index is 1.62. The third kappa shape index (κ3) is 3.12. The maximum absolute atomic E-state index is 12.5. The van der Waals surface area contributed by atoms with Crippen LogP contribution < -0.4 is 5.32 Å². The Morgan fingerprint density at radius 3 is 2.70 bits per heavy atom. The van der Waals surface area contributed by atoms with Gasteiger partial charge in [-0.1, -0.05) is 31.5 Å². The molecule has 0 aromatic heterocycles. The molecule has 0 spiro atoms. The Bertz CT molecular complexity index is 470. The number of hydrogen-bond donors (Lipinski definition) is 1. The lowest BCUT2D eigenvalue weighted by Crippen LogP contribution is -2.38. The Morgan fingerprint density at radius 1 is 1.25 bits per heavy atom. The van der Waals surface area contributed by atoms with Crippen molar-refractivity contribution in [1.29, 1.82) is 0 Å². The molecule has 2 aliphatic heterocycles. The first-order valence-corrected chi connectivity index (χ1v) is 8.12. The topological polar surface area (TPSA) is 29.1 Å². The monoisotopic (exact) mass is 271 g/mol. The van der Waals surface area contributed by atoms with Gasteiger partial charge in [0, 0.05) is 24.1 Å². The van der Waals surface area contributed by atoms with Crippen molar-refractivity contribution in [2.45, 2.75) is 64.0 Å². The van der Waals surface area contributed by atoms with Gasteiger partial charge in [-0.25, -0.2) is 0 Å². The van der Waals surface area contributed by atoms with Crippen LogP contribution in [-0.4, -0.2) is 17.9 Å². The number of aryl methyl sites for hydroxylation is 1.